The van der Waals surface area contributed by atoms with Gasteiger partial charge < -0.3 is 19.9 Å². The van der Waals surface area contributed by atoms with Crippen molar-refractivity contribution in [3.8, 4) is 0 Å². The lowest BCUT2D eigenvalue weighted by molar-refractivity contribution is -0.144. The van der Waals surface area contributed by atoms with E-state index in [2.05, 4.69) is 10.1 Å². The fourth-order valence-electron chi connectivity index (χ4n) is 2.35. The van der Waals surface area contributed by atoms with E-state index in [1.165, 1.54) is 7.11 Å². The normalized spacial score (nSPS) is 22.0. The molecule has 0 bridgehead atoms. The zero-order valence-corrected chi connectivity index (χ0v) is 12.5. The summed E-state index contributed by atoms with van der Waals surface area (Å²) in [5, 5.41) is 11.5. The second-order valence-electron chi connectivity index (χ2n) is 5.19. The van der Waals surface area contributed by atoms with Crippen molar-refractivity contribution < 1.29 is 29.0 Å². The lowest BCUT2D eigenvalue weighted by atomic mass is 9.80. The molecular formula is C14H23NO6. The first-order chi connectivity index (χ1) is 9.96. The van der Waals surface area contributed by atoms with Gasteiger partial charge in [-0.1, -0.05) is 0 Å². The Morgan fingerprint density at radius 3 is 2.52 bits per heavy atom. The average molecular weight is 301 g/mol. The van der Waals surface area contributed by atoms with Crippen molar-refractivity contribution in [1.29, 1.82) is 0 Å². The van der Waals surface area contributed by atoms with Crippen molar-refractivity contribution in [2.45, 2.75) is 51.2 Å². The Morgan fingerprint density at radius 1 is 1.33 bits per heavy atom. The van der Waals surface area contributed by atoms with Crippen molar-refractivity contribution in [3.63, 3.8) is 0 Å². The summed E-state index contributed by atoms with van der Waals surface area (Å²) >= 11 is 0. The highest BCUT2D eigenvalue weighted by Crippen LogP contribution is 2.32. The number of carbonyl (C=O) groups excluding carboxylic acids is 2. The molecule has 1 saturated carbocycles. The maximum atomic E-state index is 11.8. The number of nitrogens with one attached hydrogen (secondary N) is 1. The third kappa shape index (κ3) is 6.12. The summed E-state index contributed by atoms with van der Waals surface area (Å²) in [6, 6.07) is -1.06. The molecule has 7 heteroatoms. The number of methoxy groups -OCH3 is 1. The van der Waals surface area contributed by atoms with Crippen LogP contribution in [0, 0.1) is 5.92 Å². The van der Waals surface area contributed by atoms with Gasteiger partial charge in [0.25, 0.3) is 0 Å². The molecule has 0 radical (unpaired) electrons. The zero-order valence-electron chi connectivity index (χ0n) is 12.5. The zero-order chi connectivity index (χ0) is 15.8. The van der Waals surface area contributed by atoms with Crippen LogP contribution in [0.25, 0.3) is 0 Å². The van der Waals surface area contributed by atoms with E-state index in [0.29, 0.717) is 13.0 Å². The van der Waals surface area contributed by atoms with Crippen LogP contribution in [0.15, 0.2) is 0 Å². The van der Waals surface area contributed by atoms with Crippen LogP contribution in [0.3, 0.4) is 0 Å². The molecule has 1 fully saturated rings. The Morgan fingerprint density at radius 2 is 2.00 bits per heavy atom. The van der Waals surface area contributed by atoms with E-state index in [1.807, 2.05) is 6.92 Å². The van der Waals surface area contributed by atoms with Gasteiger partial charge >= 0.3 is 11.9 Å². The molecule has 0 aromatic carbocycles. The number of amides is 1. The minimum Gasteiger partial charge on any atom is -0.480 e. The first-order valence-corrected chi connectivity index (χ1v) is 7.16. The Balaban J connectivity index is 2.29. The largest absolute Gasteiger partial charge is 0.480 e. The molecule has 1 aliphatic rings. The first-order valence-electron chi connectivity index (χ1n) is 7.16. The van der Waals surface area contributed by atoms with E-state index in [9.17, 15) is 14.4 Å². The van der Waals surface area contributed by atoms with E-state index in [0.717, 1.165) is 12.8 Å². The van der Waals surface area contributed by atoms with Crippen molar-refractivity contribution in [1.82, 2.24) is 5.32 Å². The number of aliphatic carboxylic acids is 1. The summed E-state index contributed by atoms with van der Waals surface area (Å²) in [6.45, 7) is 2.59. The summed E-state index contributed by atoms with van der Waals surface area (Å²) in [5.74, 6) is -1.69. The molecule has 7 nitrogen and oxygen atoms in total. The third-order valence-electron chi connectivity index (χ3n) is 3.57. The van der Waals surface area contributed by atoms with Crippen molar-refractivity contribution in [2.24, 2.45) is 5.92 Å². The van der Waals surface area contributed by atoms with E-state index in [1.54, 1.807) is 0 Å². The molecule has 0 aromatic heterocycles. The lowest BCUT2D eigenvalue weighted by Crippen LogP contribution is -2.43. The van der Waals surface area contributed by atoms with Crippen LogP contribution < -0.4 is 5.32 Å². The van der Waals surface area contributed by atoms with Gasteiger partial charge in [0.15, 0.2) is 0 Å². The van der Waals surface area contributed by atoms with Gasteiger partial charge in [-0.3, -0.25) is 9.59 Å². The van der Waals surface area contributed by atoms with Gasteiger partial charge in [-0.15, -0.1) is 0 Å². The van der Waals surface area contributed by atoms with Crippen LogP contribution >= 0.6 is 0 Å². The minimum atomic E-state index is -1.15. The molecular weight excluding hydrogens is 278 g/mol. The van der Waals surface area contributed by atoms with E-state index < -0.39 is 18.0 Å². The van der Waals surface area contributed by atoms with Crippen LogP contribution in [0.5, 0.6) is 0 Å². The third-order valence-corrected chi connectivity index (χ3v) is 3.57. The second-order valence-corrected chi connectivity index (χ2v) is 5.19. The highest BCUT2D eigenvalue weighted by Gasteiger charge is 2.32. The maximum absolute atomic E-state index is 11.8. The minimum absolute atomic E-state index is 0.0278. The summed E-state index contributed by atoms with van der Waals surface area (Å²) < 4.78 is 9.86. The quantitative estimate of drug-likeness (QED) is 0.608. The number of ether oxygens (including phenoxy) is 2. The molecule has 1 atom stereocenters. The SMILES string of the molecule is CCOC1CC(CC(=O)N[C@H](CCC(=O)OC)C(=O)O)C1. The lowest BCUT2D eigenvalue weighted by Gasteiger charge is -2.34. The first kappa shape index (κ1) is 17.4. The molecule has 0 spiro atoms. The van der Waals surface area contributed by atoms with Gasteiger partial charge in [-0.05, 0) is 32.1 Å². The number of esters is 1. The Bertz CT molecular complexity index is 378. The molecule has 1 amide bonds. The Hall–Kier alpha value is -1.63. The Kier molecular flexibility index (Phi) is 7.14. The maximum Gasteiger partial charge on any atom is 0.326 e. The van der Waals surface area contributed by atoms with Crippen molar-refractivity contribution >= 4 is 17.8 Å². The summed E-state index contributed by atoms with van der Waals surface area (Å²) in [5.41, 5.74) is 0. The van der Waals surface area contributed by atoms with Gasteiger partial charge in [-0.25, -0.2) is 4.79 Å². The van der Waals surface area contributed by atoms with Crippen LogP contribution in [0.1, 0.15) is 39.0 Å². The summed E-state index contributed by atoms with van der Waals surface area (Å²) in [6.07, 6.45) is 2.18. The molecule has 0 aliphatic heterocycles. The van der Waals surface area contributed by atoms with Crippen LogP contribution in [0.4, 0.5) is 0 Å². The standard InChI is InChI=1S/C14H23NO6/c1-3-21-10-6-9(7-10)8-12(16)15-11(14(18)19)4-5-13(17)20-2/h9-11H,3-8H2,1-2H3,(H,15,16)(H,18,19)/t9?,10?,11-/m1/s1. The van der Waals surface area contributed by atoms with E-state index >= 15 is 0 Å². The number of hydrogen-bond donors (Lipinski definition) is 2. The van der Waals surface area contributed by atoms with Gasteiger partial charge in [0.05, 0.1) is 13.2 Å². The van der Waals surface area contributed by atoms with Gasteiger partial charge in [0.2, 0.25) is 5.91 Å². The molecule has 120 valence electrons. The fourth-order valence-corrected chi connectivity index (χ4v) is 2.35. The number of rotatable bonds is 9. The molecule has 0 aromatic rings. The van der Waals surface area contributed by atoms with Gasteiger partial charge in [0, 0.05) is 19.4 Å². The molecule has 21 heavy (non-hydrogen) atoms. The topological polar surface area (TPSA) is 102 Å². The molecule has 2 N–H and O–H groups in total. The van der Waals surface area contributed by atoms with Crippen molar-refractivity contribution in [3.05, 3.63) is 0 Å². The van der Waals surface area contributed by atoms with E-state index in [4.69, 9.17) is 9.84 Å². The Labute approximate surface area is 124 Å². The van der Waals surface area contributed by atoms with Gasteiger partial charge in [0.1, 0.15) is 6.04 Å². The van der Waals surface area contributed by atoms with Gasteiger partial charge in [-0.2, -0.15) is 0 Å². The molecule has 0 unspecified atom stereocenters. The number of carboxylic acid groups (broad SMARTS) is 1. The molecule has 1 aliphatic carbocycles. The van der Waals surface area contributed by atoms with Crippen LogP contribution in [-0.4, -0.2) is 48.8 Å². The smallest absolute Gasteiger partial charge is 0.326 e. The second kappa shape index (κ2) is 8.61. The predicted octanol–water partition coefficient (Wildman–Crippen LogP) is 0.714. The van der Waals surface area contributed by atoms with Crippen LogP contribution in [0.2, 0.25) is 0 Å². The monoisotopic (exact) mass is 301 g/mol. The van der Waals surface area contributed by atoms with E-state index in [-0.39, 0.29) is 30.8 Å². The highest BCUT2D eigenvalue weighted by molar-refractivity contribution is 5.84. The summed E-state index contributed by atoms with van der Waals surface area (Å²) in [4.78, 5) is 33.9. The fraction of sp³-hybridized carbons (Fsp3) is 0.786. The predicted molar refractivity (Wildman–Crippen MR) is 73.6 cm³/mol. The number of carboxylic acids is 1. The molecule has 0 saturated heterocycles. The molecule has 1 rings (SSSR count). The molecule has 0 heterocycles. The summed E-state index contributed by atoms with van der Waals surface area (Å²) in [7, 11) is 1.24. The van der Waals surface area contributed by atoms with Crippen LogP contribution in [-0.2, 0) is 23.9 Å². The average Bonchev–Trinajstić information content (AvgIpc) is 2.40. The number of carbonyl (C=O) groups is 3. The highest BCUT2D eigenvalue weighted by atomic mass is 16.5. The van der Waals surface area contributed by atoms with Crippen molar-refractivity contribution in [2.75, 3.05) is 13.7 Å². The number of hydrogen-bond acceptors (Lipinski definition) is 5.